The van der Waals surface area contributed by atoms with Crippen LogP contribution >= 0.6 is 0 Å². The lowest BCUT2D eigenvalue weighted by Gasteiger charge is -2.43. The SMILES string of the molecule is C[C@@H](O)CNCC(=O)N1CCc2ccccc2C1C1CCOCC1. The van der Waals surface area contributed by atoms with E-state index in [2.05, 4.69) is 29.6 Å². The number of amides is 1. The molecule has 132 valence electrons. The van der Waals surface area contributed by atoms with E-state index in [1.54, 1.807) is 6.92 Å². The van der Waals surface area contributed by atoms with Crippen LogP contribution in [0.3, 0.4) is 0 Å². The lowest BCUT2D eigenvalue weighted by atomic mass is 9.81. The average Bonchev–Trinajstić information content (AvgIpc) is 2.61. The number of aliphatic hydroxyl groups excluding tert-OH is 1. The highest BCUT2D eigenvalue weighted by molar-refractivity contribution is 5.79. The fraction of sp³-hybridized carbons (Fsp3) is 0.632. The summed E-state index contributed by atoms with van der Waals surface area (Å²) in [6, 6.07) is 8.68. The van der Waals surface area contributed by atoms with Gasteiger partial charge in [0.15, 0.2) is 0 Å². The second-order valence-corrected chi connectivity index (χ2v) is 6.91. The molecule has 0 aromatic heterocycles. The zero-order valence-electron chi connectivity index (χ0n) is 14.4. The number of hydrogen-bond acceptors (Lipinski definition) is 4. The van der Waals surface area contributed by atoms with E-state index in [0.717, 1.165) is 39.0 Å². The van der Waals surface area contributed by atoms with E-state index in [1.807, 2.05) is 4.90 Å². The third kappa shape index (κ3) is 3.97. The zero-order valence-corrected chi connectivity index (χ0v) is 14.4. The maximum atomic E-state index is 12.8. The van der Waals surface area contributed by atoms with Gasteiger partial charge in [0.1, 0.15) is 0 Å². The van der Waals surface area contributed by atoms with Gasteiger partial charge in [0.05, 0.1) is 18.7 Å². The fourth-order valence-corrected chi connectivity index (χ4v) is 3.91. The van der Waals surface area contributed by atoms with Crippen LogP contribution in [0.25, 0.3) is 0 Å². The van der Waals surface area contributed by atoms with Crippen molar-refractivity contribution < 1.29 is 14.6 Å². The van der Waals surface area contributed by atoms with Crippen LogP contribution in [0.15, 0.2) is 24.3 Å². The minimum atomic E-state index is -0.439. The smallest absolute Gasteiger partial charge is 0.237 e. The quantitative estimate of drug-likeness (QED) is 0.858. The number of hydrogen-bond donors (Lipinski definition) is 2. The molecule has 1 saturated heterocycles. The topological polar surface area (TPSA) is 61.8 Å². The summed E-state index contributed by atoms with van der Waals surface area (Å²) < 4.78 is 5.52. The van der Waals surface area contributed by atoms with Gasteiger partial charge >= 0.3 is 0 Å². The van der Waals surface area contributed by atoms with Crippen LogP contribution in [0.4, 0.5) is 0 Å². The van der Waals surface area contributed by atoms with Crippen molar-refractivity contribution in [2.24, 2.45) is 5.92 Å². The van der Waals surface area contributed by atoms with Crippen molar-refractivity contribution in [1.29, 1.82) is 0 Å². The number of nitrogens with zero attached hydrogens (tertiary/aromatic N) is 1. The first kappa shape index (κ1) is 17.4. The van der Waals surface area contributed by atoms with Gasteiger partial charge in [0, 0.05) is 26.3 Å². The Labute approximate surface area is 144 Å². The van der Waals surface area contributed by atoms with Crippen LogP contribution in [-0.4, -0.2) is 54.9 Å². The molecule has 1 unspecified atom stereocenters. The molecule has 0 spiro atoms. The van der Waals surface area contributed by atoms with Gasteiger partial charge < -0.3 is 20.1 Å². The maximum absolute atomic E-state index is 12.8. The van der Waals surface area contributed by atoms with Crippen molar-refractivity contribution in [3.8, 4) is 0 Å². The van der Waals surface area contributed by atoms with Crippen molar-refractivity contribution in [1.82, 2.24) is 10.2 Å². The summed E-state index contributed by atoms with van der Waals surface area (Å²) in [5.41, 5.74) is 2.68. The molecule has 1 fully saturated rings. The van der Waals surface area contributed by atoms with Crippen LogP contribution in [0.1, 0.15) is 36.9 Å². The molecule has 2 N–H and O–H groups in total. The maximum Gasteiger partial charge on any atom is 0.237 e. The Morgan fingerprint density at radius 1 is 1.38 bits per heavy atom. The van der Waals surface area contributed by atoms with E-state index >= 15 is 0 Å². The Hall–Kier alpha value is -1.43. The highest BCUT2D eigenvalue weighted by Gasteiger charge is 2.36. The Bertz CT molecular complexity index is 555. The van der Waals surface area contributed by atoms with E-state index in [1.165, 1.54) is 11.1 Å². The molecule has 0 aliphatic carbocycles. The fourth-order valence-electron chi connectivity index (χ4n) is 3.91. The number of rotatable bonds is 5. The molecule has 0 saturated carbocycles. The minimum absolute atomic E-state index is 0.127. The van der Waals surface area contributed by atoms with Gasteiger partial charge in [-0.3, -0.25) is 4.79 Å². The lowest BCUT2D eigenvalue weighted by Crippen LogP contribution is -2.47. The van der Waals surface area contributed by atoms with Crippen LogP contribution in [0.2, 0.25) is 0 Å². The molecule has 2 aliphatic rings. The average molecular weight is 332 g/mol. The molecule has 3 rings (SSSR count). The van der Waals surface area contributed by atoms with Crippen LogP contribution in [0.5, 0.6) is 0 Å². The summed E-state index contributed by atoms with van der Waals surface area (Å²) in [7, 11) is 0. The van der Waals surface area contributed by atoms with Crippen molar-refractivity contribution in [2.75, 3.05) is 32.8 Å². The third-order valence-corrected chi connectivity index (χ3v) is 5.08. The normalized spacial score (nSPS) is 22.9. The Morgan fingerprint density at radius 2 is 2.12 bits per heavy atom. The Balaban J connectivity index is 1.78. The number of nitrogens with one attached hydrogen (secondary N) is 1. The Morgan fingerprint density at radius 3 is 2.88 bits per heavy atom. The van der Waals surface area contributed by atoms with E-state index in [-0.39, 0.29) is 18.5 Å². The van der Waals surface area contributed by atoms with E-state index in [9.17, 15) is 9.90 Å². The summed E-state index contributed by atoms with van der Waals surface area (Å²) >= 11 is 0. The van der Waals surface area contributed by atoms with Crippen molar-refractivity contribution in [2.45, 2.75) is 38.3 Å². The first-order valence-electron chi connectivity index (χ1n) is 9.00. The molecule has 1 aromatic carbocycles. The summed E-state index contributed by atoms with van der Waals surface area (Å²) in [5, 5.41) is 12.4. The molecule has 1 amide bonds. The minimum Gasteiger partial charge on any atom is -0.392 e. The van der Waals surface area contributed by atoms with Gasteiger partial charge in [-0.05, 0) is 43.2 Å². The van der Waals surface area contributed by atoms with Gasteiger partial charge in [-0.2, -0.15) is 0 Å². The van der Waals surface area contributed by atoms with Gasteiger partial charge in [-0.15, -0.1) is 0 Å². The predicted molar refractivity (Wildman–Crippen MR) is 92.7 cm³/mol. The molecule has 5 heteroatoms. The van der Waals surface area contributed by atoms with Gasteiger partial charge in [-0.25, -0.2) is 0 Å². The van der Waals surface area contributed by atoms with Crippen molar-refractivity contribution in [3.05, 3.63) is 35.4 Å². The first-order chi connectivity index (χ1) is 11.7. The molecular weight excluding hydrogens is 304 g/mol. The zero-order chi connectivity index (χ0) is 16.9. The predicted octanol–water partition coefficient (Wildman–Crippen LogP) is 1.51. The number of fused-ring (bicyclic) bond motifs is 1. The first-order valence-corrected chi connectivity index (χ1v) is 9.00. The number of aliphatic hydroxyl groups is 1. The monoisotopic (exact) mass is 332 g/mol. The molecular formula is C19H28N2O3. The highest BCUT2D eigenvalue weighted by atomic mass is 16.5. The molecule has 2 atom stereocenters. The molecule has 1 aromatic rings. The molecule has 24 heavy (non-hydrogen) atoms. The molecule has 2 heterocycles. The number of benzene rings is 1. The third-order valence-electron chi connectivity index (χ3n) is 5.08. The Kier molecular flexibility index (Phi) is 5.87. The second-order valence-electron chi connectivity index (χ2n) is 6.91. The van der Waals surface area contributed by atoms with Crippen LogP contribution < -0.4 is 5.32 Å². The summed E-state index contributed by atoms with van der Waals surface area (Å²) in [4.78, 5) is 14.8. The van der Waals surface area contributed by atoms with Gasteiger partial charge in [0.2, 0.25) is 5.91 Å². The van der Waals surface area contributed by atoms with E-state index in [4.69, 9.17) is 4.74 Å². The summed E-state index contributed by atoms with van der Waals surface area (Å²) in [6.45, 7) is 4.79. The number of carbonyl (C=O) groups excluding carboxylic acids is 1. The highest BCUT2D eigenvalue weighted by Crippen LogP contribution is 2.39. The summed E-state index contributed by atoms with van der Waals surface area (Å²) in [5.74, 6) is 0.586. The van der Waals surface area contributed by atoms with Crippen LogP contribution in [0, 0.1) is 5.92 Å². The number of carbonyl (C=O) groups is 1. The molecule has 0 bridgehead atoms. The van der Waals surface area contributed by atoms with Crippen molar-refractivity contribution in [3.63, 3.8) is 0 Å². The summed E-state index contributed by atoms with van der Waals surface area (Å²) in [6.07, 6.45) is 2.48. The van der Waals surface area contributed by atoms with E-state index in [0.29, 0.717) is 12.5 Å². The van der Waals surface area contributed by atoms with Crippen LogP contribution in [-0.2, 0) is 16.0 Å². The lowest BCUT2D eigenvalue weighted by molar-refractivity contribution is -0.135. The van der Waals surface area contributed by atoms with Crippen molar-refractivity contribution >= 4 is 5.91 Å². The molecule has 0 radical (unpaired) electrons. The largest absolute Gasteiger partial charge is 0.392 e. The standard InChI is InChI=1S/C19H28N2O3/c1-14(22)12-20-13-18(23)21-9-6-15-4-2-3-5-17(15)19(21)16-7-10-24-11-8-16/h2-5,14,16,19-20,22H,6-13H2,1H3/t14-,19?/m1/s1. The molecule has 5 nitrogen and oxygen atoms in total. The van der Waals surface area contributed by atoms with Gasteiger partial charge in [0.25, 0.3) is 0 Å². The van der Waals surface area contributed by atoms with E-state index < -0.39 is 6.10 Å². The number of ether oxygens (including phenoxy) is 1. The second kappa shape index (κ2) is 8.10. The molecule has 2 aliphatic heterocycles. The van der Waals surface area contributed by atoms with Gasteiger partial charge in [-0.1, -0.05) is 24.3 Å².